The van der Waals surface area contributed by atoms with Crippen LogP contribution in [0.4, 0.5) is 0 Å². The molecule has 0 radical (unpaired) electrons. The average Bonchev–Trinajstić information content (AvgIpc) is 2.85. The molecule has 34 heavy (non-hydrogen) atoms. The van der Waals surface area contributed by atoms with Crippen LogP contribution in [0.15, 0.2) is 12.2 Å². The van der Waals surface area contributed by atoms with E-state index in [1.807, 2.05) is 21.6 Å². The van der Waals surface area contributed by atoms with Crippen LogP contribution < -0.4 is 0 Å². The second-order valence-corrected chi connectivity index (χ2v) is 12.7. The number of hydrogen-bond donors (Lipinski definition) is 0. The topological polar surface area (TPSA) is 29.5 Å². The van der Waals surface area contributed by atoms with Crippen LogP contribution in [0.2, 0.25) is 0 Å². The van der Waals surface area contributed by atoms with Crippen LogP contribution in [-0.4, -0.2) is 48.6 Å². The van der Waals surface area contributed by atoms with Crippen molar-refractivity contribution in [1.29, 1.82) is 0 Å². The molecule has 0 bridgehead atoms. The first-order chi connectivity index (χ1) is 16.8. The van der Waals surface area contributed by atoms with Gasteiger partial charge in [-0.25, -0.2) is 0 Å². The Kier molecular flexibility index (Phi) is 23.0. The molecule has 0 unspecified atom stereocenters. The lowest BCUT2D eigenvalue weighted by atomic mass is 9.94. The minimum atomic E-state index is 0.0144. The summed E-state index contributed by atoms with van der Waals surface area (Å²) in [5, 5.41) is 0. The number of ether oxygens (including phenoxy) is 1. The Balaban J connectivity index is 1.83. The Labute approximate surface area is 220 Å². The normalized spacial score (nSPS) is 15.4. The maximum absolute atomic E-state index is 12.0. The van der Waals surface area contributed by atoms with Crippen LogP contribution in [0.1, 0.15) is 123 Å². The van der Waals surface area contributed by atoms with E-state index in [9.17, 15) is 4.79 Å². The lowest BCUT2D eigenvalue weighted by molar-refractivity contribution is -0.144. The molecule has 0 atom stereocenters. The molecule has 1 aliphatic heterocycles. The van der Waals surface area contributed by atoms with Crippen molar-refractivity contribution >= 4 is 27.6 Å². The van der Waals surface area contributed by atoms with Gasteiger partial charge in [0.1, 0.15) is 0 Å². The monoisotopic (exact) mass is 513 g/mol. The van der Waals surface area contributed by atoms with Crippen LogP contribution in [0.3, 0.4) is 0 Å². The molecule has 0 aromatic rings. The summed E-state index contributed by atoms with van der Waals surface area (Å²) in [5.41, 5.74) is 0. The predicted molar refractivity (Wildman–Crippen MR) is 155 cm³/mol. The highest BCUT2D eigenvalue weighted by Crippen LogP contribution is 2.23. The highest BCUT2D eigenvalue weighted by Gasteiger charge is 2.19. The Morgan fingerprint density at radius 3 is 2.12 bits per heavy atom. The zero-order valence-corrected chi connectivity index (χ0v) is 24.2. The van der Waals surface area contributed by atoms with Gasteiger partial charge in [0.15, 0.2) is 0 Å². The van der Waals surface area contributed by atoms with Gasteiger partial charge in [0, 0.05) is 24.5 Å². The molecule has 1 saturated heterocycles. The third-order valence-electron chi connectivity index (χ3n) is 6.83. The quantitative estimate of drug-likeness (QED) is 0.0588. The molecule has 5 heteroatoms. The van der Waals surface area contributed by atoms with Gasteiger partial charge >= 0.3 is 5.97 Å². The Hall–Kier alpha value is -0.130. The lowest BCUT2D eigenvalue weighted by Crippen LogP contribution is -2.35. The largest absolute Gasteiger partial charge is 0.466 e. The molecule has 0 saturated carbocycles. The number of hydrogen-bond acceptors (Lipinski definition) is 5. The van der Waals surface area contributed by atoms with E-state index in [1.54, 1.807) is 0 Å². The van der Waals surface area contributed by atoms with E-state index in [0.717, 1.165) is 25.2 Å². The van der Waals surface area contributed by atoms with Gasteiger partial charge in [-0.15, -0.1) is 0 Å². The fourth-order valence-electron chi connectivity index (χ4n) is 4.56. The zero-order valence-electron chi connectivity index (χ0n) is 22.6. The van der Waals surface area contributed by atoms with Crippen molar-refractivity contribution in [1.82, 2.24) is 4.90 Å². The fourth-order valence-corrected chi connectivity index (χ4v) is 6.25. The standard InChI is InChI=1S/C29H55NO2S2/c1-3-5-6-7-8-9-10-11-12-13-14-15-16-17-18-19-29(31)32-26-22-28-20-23-30(24-21-28)25-27-34-33-4-2/h11-12,28H,3-10,13-27H2,1-2H3/b12-11-. The van der Waals surface area contributed by atoms with E-state index in [4.69, 9.17) is 4.74 Å². The van der Waals surface area contributed by atoms with Crippen LogP contribution in [-0.2, 0) is 9.53 Å². The summed E-state index contributed by atoms with van der Waals surface area (Å²) < 4.78 is 5.51. The minimum Gasteiger partial charge on any atom is -0.466 e. The third-order valence-corrected chi connectivity index (χ3v) is 9.29. The molecule has 3 nitrogen and oxygen atoms in total. The highest BCUT2D eigenvalue weighted by molar-refractivity contribution is 8.76. The molecule has 200 valence electrons. The van der Waals surface area contributed by atoms with E-state index in [-0.39, 0.29) is 5.97 Å². The molecule has 0 N–H and O–H groups in total. The molecule has 1 rings (SSSR count). The summed E-state index contributed by atoms with van der Waals surface area (Å²) in [6.07, 6.45) is 25.7. The van der Waals surface area contributed by atoms with E-state index < -0.39 is 0 Å². The average molecular weight is 514 g/mol. The zero-order chi connectivity index (χ0) is 24.5. The molecule has 0 aliphatic carbocycles. The lowest BCUT2D eigenvalue weighted by Gasteiger charge is -2.31. The predicted octanol–water partition coefficient (Wildman–Crippen LogP) is 9.07. The molecule has 0 aromatic carbocycles. The molecule has 1 fully saturated rings. The first-order valence-electron chi connectivity index (χ1n) is 14.5. The number of allylic oxidation sites excluding steroid dienone is 2. The third kappa shape index (κ3) is 20.1. The summed E-state index contributed by atoms with van der Waals surface area (Å²) in [5.74, 6) is 3.18. The van der Waals surface area contributed by atoms with E-state index in [2.05, 4.69) is 30.9 Å². The van der Waals surface area contributed by atoms with Gasteiger partial charge < -0.3 is 9.64 Å². The molecule has 0 amide bonds. The number of rotatable bonds is 23. The van der Waals surface area contributed by atoms with Gasteiger partial charge in [-0.3, -0.25) is 4.79 Å². The number of carbonyl (C=O) groups excluding carboxylic acids is 1. The van der Waals surface area contributed by atoms with Crippen LogP contribution in [0.25, 0.3) is 0 Å². The maximum atomic E-state index is 12.0. The van der Waals surface area contributed by atoms with Gasteiger partial charge in [0.05, 0.1) is 6.61 Å². The number of esters is 1. The van der Waals surface area contributed by atoms with Gasteiger partial charge in [-0.2, -0.15) is 0 Å². The van der Waals surface area contributed by atoms with Crippen LogP contribution >= 0.6 is 21.6 Å². The van der Waals surface area contributed by atoms with Crippen molar-refractivity contribution in [2.24, 2.45) is 5.92 Å². The van der Waals surface area contributed by atoms with Gasteiger partial charge in [0.2, 0.25) is 0 Å². The second-order valence-electron chi connectivity index (χ2n) is 9.86. The van der Waals surface area contributed by atoms with Crippen LogP contribution in [0, 0.1) is 5.92 Å². The van der Waals surface area contributed by atoms with Crippen molar-refractivity contribution in [3.05, 3.63) is 12.2 Å². The van der Waals surface area contributed by atoms with Gasteiger partial charge in [-0.1, -0.05) is 99.0 Å². The molecule has 0 aromatic heterocycles. The molecular weight excluding hydrogens is 458 g/mol. The molecule has 0 spiro atoms. The van der Waals surface area contributed by atoms with E-state index >= 15 is 0 Å². The van der Waals surface area contributed by atoms with Crippen molar-refractivity contribution in [2.45, 2.75) is 123 Å². The summed E-state index contributed by atoms with van der Waals surface area (Å²) in [6, 6.07) is 0. The van der Waals surface area contributed by atoms with Crippen molar-refractivity contribution in [3.8, 4) is 0 Å². The van der Waals surface area contributed by atoms with Crippen LogP contribution in [0.5, 0.6) is 0 Å². The first kappa shape index (κ1) is 31.9. The molecular formula is C29H55NO2S2. The summed E-state index contributed by atoms with van der Waals surface area (Å²) >= 11 is 0. The minimum absolute atomic E-state index is 0.0144. The molecule has 1 aliphatic rings. The Morgan fingerprint density at radius 2 is 1.47 bits per heavy atom. The number of nitrogens with zero attached hydrogens (tertiary/aromatic N) is 1. The van der Waals surface area contributed by atoms with Crippen molar-refractivity contribution in [2.75, 3.05) is 37.7 Å². The first-order valence-corrected chi connectivity index (χ1v) is 17.0. The fraction of sp³-hybridized carbons (Fsp3) is 0.897. The number of piperidine rings is 1. The highest BCUT2D eigenvalue weighted by atomic mass is 33.1. The summed E-state index contributed by atoms with van der Waals surface area (Å²) in [6.45, 7) is 8.76. The van der Waals surface area contributed by atoms with Gasteiger partial charge in [-0.05, 0) is 70.4 Å². The SMILES string of the molecule is CCCCCCCC/C=C\CCCCCCCC(=O)OCCC1CCN(CCSSCC)CC1. The number of carbonyl (C=O) groups is 1. The maximum Gasteiger partial charge on any atom is 0.305 e. The van der Waals surface area contributed by atoms with Crippen molar-refractivity contribution < 1.29 is 9.53 Å². The smallest absolute Gasteiger partial charge is 0.305 e. The van der Waals surface area contributed by atoms with E-state index in [0.29, 0.717) is 13.0 Å². The Bertz CT molecular complexity index is 479. The second kappa shape index (κ2) is 24.6. The van der Waals surface area contributed by atoms with E-state index in [1.165, 1.54) is 115 Å². The summed E-state index contributed by atoms with van der Waals surface area (Å²) in [7, 11) is 3.96. The number of likely N-dealkylation sites (tertiary alicyclic amines) is 1. The van der Waals surface area contributed by atoms with Gasteiger partial charge in [0.25, 0.3) is 0 Å². The Morgan fingerprint density at radius 1 is 0.853 bits per heavy atom. The number of unbranched alkanes of at least 4 members (excludes halogenated alkanes) is 11. The summed E-state index contributed by atoms with van der Waals surface area (Å²) in [4.78, 5) is 14.6. The molecule has 1 heterocycles. The van der Waals surface area contributed by atoms with Crippen molar-refractivity contribution in [3.63, 3.8) is 0 Å².